The molecule has 0 saturated heterocycles. The number of nitrogens with one attached hydrogen (secondary N) is 1. The van der Waals surface area contributed by atoms with Gasteiger partial charge in [0.25, 0.3) is 0 Å². The van der Waals surface area contributed by atoms with Crippen molar-refractivity contribution in [3.8, 4) is 5.75 Å². The van der Waals surface area contributed by atoms with Gasteiger partial charge in [0.15, 0.2) is 6.04 Å². The largest absolute Gasteiger partial charge is 0.493 e. The van der Waals surface area contributed by atoms with Crippen molar-refractivity contribution < 1.29 is 19.4 Å². The first-order valence-corrected chi connectivity index (χ1v) is 9.12. The van der Waals surface area contributed by atoms with E-state index in [4.69, 9.17) is 4.74 Å². The summed E-state index contributed by atoms with van der Waals surface area (Å²) in [4.78, 5) is 23.5. The standard InChI is InChI=1S/C17H23NO4S/c1-2-3-9-23-10-7-15(19)18-16(17(20)21)13-4-5-14-12(11-13)6-8-22-14/h4-5,11,16H,2-3,6-10H2,1H3,(H,18,19)(H,20,21). The van der Waals surface area contributed by atoms with E-state index in [1.165, 1.54) is 0 Å². The first kappa shape index (κ1) is 17.7. The molecule has 1 aromatic carbocycles. The maximum Gasteiger partial charge on any atom is 0.330 e. The molecule has 1 aliphatic rings. The van der Waals surface area contributed by atoms with Gasteiger partial charge in [-0.25, -0.2) is 4.79 Å². The van der Waals surface area contributed by atoms with Crippen molar-refractivity contribution in [3.63, 3.8) is 0 Å². The Balaban J connectivity index is 1.91. The summed E-state index contributed by atoms with van der Waals surface area (Å²) in [6.07, 6.45) is 3.40. The molecule has 1 aromatic rings. The van der Waals surface area contributed by atoms with Gasteiger partial charge in [-0.3, -0.25) is 4.79 Å². The van der Waals surface area contributed by atoms with Crippen molar-refractivity contribution in [2.45, 2.75) is 38.6 Å². The van der Waals surface area contributed by atoms with Gasteiger partial charge in [0, 0.05) is 18.6 Å². The summed E-state index contributed by atoms with van der Waals surface area (Å²) >= 11 is 1.73. The number of ether oxygens (including phenoxy) is 1. The second-order valence-electron chi connectivity index (χ2n) is 5.52. The van der Waals surface area contributed by atoms with Crippen molar-refractivity contribution in [1.82, 2.24) is 5.32 Å². The molecule has 5 nitrogen and oxygen atoms in total. The van der Waals surface area contributed by atoms with Crippen LogP contribution in [0.3, 0.4) is 0 Å². The molecule has 1 aliphatic heterocycles. The molecule has 0 fully saturated rings. The van der Waals surface area contributed by atoms with Crippen molar-refractivity contribution in [1.29, 1.82) is 0 Å². The van der Waals surface area contributed by atoms with Gasteiger partial charge in [-0.15, -0.1) is 0 Å². The molecule has 2 rings (SSSR count). The normalized spacial score (nSPS) is 14.0. The summed E-state index contributed by atoms with van der Waals surface area (Å²) < 4.78 is 5.42. The van der Waals surface area contributed by atoms with Crippen LogP contribution < -0.4 is 10.1 Å². The summed E-state index contributed by atoms with van der Waals surface area (Å²) in [6, 6.07) is 4.30. The van der Waals surface area contributed by atoms with Crippen LogP contribution in [0.25, 0.3) is 0 Å². The van der Waals surface area contributed by atoms with Crippen LogP contribution in [0.1, 0.15) is 43.4 Å². The fourth-order valence-electron chi connectivity index (χ4n) is 2.42. The molecule has 0 bridgehead atoms. The molecule has 2 N–H and O–H groups in total. The summed E-state index contributed by atoms with van der Waals surface area (Å²) in [5, 5.41) is 12.0. The highest BCUT2D eigenvalue weighted by molar-refractivity contribution is 7.99. The SMILES string of the molecule is CCCCSCCC(=O)NC(C(=O)O)c1ccc2c(c1)CCO2. The number of carbonyl (C=O) groups is 2. The number of carboxylic acid groups (broad SMARTS) is 1. The smallest absolute Gasteiger partial charge is 0.330 e. The van der Waals surface area contributed by atoms with Gasteiger partial charge in [-0.05, 0) is 35.4 Å². The number of amides is 1. The number of aliphatic carboxylic acids is 1. The number of unbranched alkanes of at least 4 members (excludes halogenated alkanes) is 1. The van der Waals surface area contributed by atoms with Gasteiger partial charge in [-0.1, -0.05) is 19.4 Å². The number of benzene rings is 1. The van der Waals surface area contributed by atoms with Crippen molar-refractivity contribution in [2.24, 2.45) is 0 Å². The van der Waals surface area contributed by atoms with Crippen LogP contribution in [0.4, 0.5) is 0 Å². The predicted molar refractivity (Wildman–Crippen MR) is 91.0 cm³/mol. The van der Waals surface area contributed by atoms with E-state index in [-0.39, 0.29) is 5.91 Å². The monoisotopic (exact) mass is 337 g/mol. The summed E-state index contributed by atoms with van der Waals surface area (Å²) in [5.74, 6) is 1.29. The number of rotatable bonds is 9. The molecule has 1 heterocycles. The lowest BCUT2D eigenvalue weighted by molar-refractivity contribution is -0.142. The number of carboxylic acids is 1. The Morgan fingerprint density at radius 2 is 2.22 bits per heavy atom. The van der Waals surface area contributed by atoms with Gasteiger partial charge >= 0.3 is 5.97 Å². The molecule has 6 heteroatoms. The van der Waals surface area contributed by atoms with Gasteiger partial charge in [0.1, 0.15) is 5.75 Å². The minimum atomic E-state index is -1.05. The molecule has 23 heavy (non-hydrogen) atoms. The third kappa shape index (κ3) is 5.16. The molecule has 1 amide bonds. The lowest BCUT2D eigenvalue weighted by atomic mass is 10.0. The van der Waals surface area contributed by atoms with E-state index in [9.17, 15) is 14.7 Å². The lowest BCUT2D eigenvalue weighted by Gasteiger charge is -2.15. The molecule has 0 aromatic heterocycles. The molecular formula is C17H23NO4S. The van der Waals surface area contributed by atoms with E-state index in [2.05, 4.69) is 12.2 Å². The fraction of sp³-hybridized carbons (Fsp3) is 0.529. The zero-order chi connectivity index (χ0) is 16.7. The van der Waals surface area contributed by atoms with Crippen LogP contribution in [-0.2, 0) is 16.0 Å². The number of fused-ring (bicyclic) bond motifs is 1. The highest BCUT2D eigenvalue weighted by atomic mass is 32.2. The van der Waals surface area contributed by atoms with E-state index in [1.54, 1.807) is 23.9 Å². The van der Waals surface area contributed by atoms with Crippen LogP contribution in [-0.4, -0.2) is 35.1 Å². The quantitative estimate of drug-likeness (QED) is 0.678. The highest BCUT2D eigenvalue weighted by Crippen LogP contribution is 2.28. The van der Waals surface area contributed by atoms with Crippen LogP contribution in [0.5, 0.6) is 5.75 Å². The van der Waals surface area contributed by atoms with Crippen molar-refractivity contribution >= 4 is 23.6 Å². The van der Waals surface area contributed by atoms with Crippen LogP contribution >= 0.6 is 11.8 Å². The van der Waals surface area contributed by atoms with E-state index < -0.39 is 12.0 Å². The Morgan fingerprint density at radius 3 is 2.96 bits per heavy atom. The third-order valence-corrected chi connectivity index (χ3v) is 4.78. The van der Waals surface area contributed by atoms with Gasteiger partial charge in [0.2, 0.25) is 5.91 Å². The number of thioether (sulfide) groups is 1. The third-order valence-electron chi connectivity index (χ3n) is 3.71. The maximum absolute atomic E-state index is 12.0. The Bertz CT molecular complexity index is 562. The average Bonchev–Trinajstić information content (AvgIpc) is 2.99. The minimum absolute atomic E-state index is 0.224. The topological polar surface area (TPSA) is 75.6 Å². The Kier molecular flexibility index (Phi) is 6.77. The van der Waals surface area contributed by atoms with E-state index in [1.807, 2.05) is 6.07 Å². The maximum atomic E-state index is 12.0. The summed E-state index contributed by atoms with van der Waals surface area (Å²) in [6.45, 7) is 2.75. The molecule has 1 unspecified atom stereocenters. The minimum Gasteiger partial charge on any atom is -0.493 e. The number of hydrogen-bond acceptors (Lipinski definition) is 4. The summed E-state index contributed by atoms with van der Waals surface area (Å²) in [5.41, 5.74) is 1.59. The molecule has 0 saturated carbocycles. The zero-order valence-corrected chi connectivity index (χ0v) is 14.2. The predicted octanol–water partition coefficient (Wildman–Crippen LogP) is 2.79. The highest BCUT2D eigenvalue weighted by Gasteiger charge is 2.24. The van der Waals surface area contributed by atoms with E-state index >= 15 is 0 Å². The molecule has 0 aliphatic carbocycles. The number of hydrogen-bond donors (Lipinski definition) is 2. The summed E-state index contributed by atoms with van der Waals surface area (Å²) in [7, 11) is 0. The lowest BCUT2D eigenvalue weighted by Crippen LogP contribution is -2.34. The molecular weight excluding hydrogens is 314 g/mol. The Hall–Kier alpha value is -1.69. The van der Waals surface area contributed by atoms with Crippen LogP contribution in [0, 0.1) is 0 Å². The Labute approximate surface area is 140 Å². The van der Waals surface area contributed by atoms with Crippen molar-refractivity contribution in [2.75, 3.05) is 18.1 Å². The van der Waals surface area contributed by atoms with E-state index in [0.29, 0.717) is 18.6 Å². The Morgan fingerprint density at radius 1 is 1.39 bits per heavy atom. The van der Waals surface area contributed by atoms with Gasteiger partial charge in [0.05, 0.1) is 6.61 Å². The second kappa shape index (κ2) is 8.82. The van der Waals surface area contributed by atoms with Gasteiger partial charge < -0.3 is 15.2 Å². The second-order valence-corrected chi connectivity index (χ2v) is 6.75. The molecule has 126 valence electrons. The van der Waals surface area contributed by atoms with E-state index in [0.717, 1.165) is 42.1 Å². The first-order chi connectivity index (χ1) is 11.1. The average molecular weight is 337 g/mol. The van der Waals surface area contributed by atoms with Crippen LogP contribution in [0.2, 0.25) is 0 Å². The molecule has 0 radical (unpaired) electrons. The fourth-order valence-corrected chi connectivity index (χ4v) is 3.45. The molecule has 1 atom stereocenters. The van der Waals surface area contributed by atoms with Crippen LogP contribution in [0.15, 0.2) is 18.2 Å². The van der Waals surface area contributed by atoms with Crippen molar-refractivity contribution in [3.05, 3.63) is 29.3 Å². The molecule has 0 spiro atoms. The first-order valence-electron chi connectivity index (χ1n) is 7.97. The number of carbonyl (C=O) groups excluding carboxylic acids is 1. The zero-order valence-electron chi connectivity index (χ0n) is 13.3. The van der Waals surface area contributed by atoms with Gasteiger partial charge in [-0.2, -0.15) is 11.8 Å².